The van der Waals surface area contributed by atoms with Crippen molar-refractivity contribution >= 4 is 17.5 Å². The molecule has 0 aromatic heterocycles. The lowest BCUT2D eigenvalue weighted by molar-refractivity contribution is -0.133. The summed E-state index contributed by atoms with van der Waals surface area (Å²) in [7, 11) is 0. The van der Waals surface area contributed by atoms with E-state index in [0.717, 1.165) is 0 Å². The van der Waals surface area contributed by atoms with Crippen LogP contribution in [0.2, 0.25) is 5.02 Å². The van der Waals surface area contributed by atoms with Gasteiger partial charge in [-0.05, 0) is 17.7 Å². The number of ether oxygens (including phenoxy) is 1. The van der Waals surface area contributed by atoms with Crippen LogP contribution in [0.1, 0.15) is 11.7 Å². The predicted octanol–water partition coefficient (Wildman–Crippen LogP) is 1.67. The monoisotopic (exact) mass is 229 g/mol. The maximum Gasteiger partial charge on any atom is 0.246 e. The fourth-order valence-corrected chi connectivity index (χ4v) is 1.54. The fraction of sp³-hybridized carbons (Fsp3) is 0.300. The first-order valence-electron chi connectivity index (χ1n) is 4.50. The van der Waals surface area contributed by atoms with Crippen molar-refractivity contribution in [3.8, 4) is 0 Å². The van der Waals surface area contributed by atoms with Gasteiger partial charge in [0.1, 0.15) is 18.5 Å². The molecule has 1 aromatic rings. The number of rotatable bonds is 1. The number of benzene rings is 1. The predicted molar refractivity (Wildman–Crippen MR) is 53.1 cm³/mol. The largest absolute Gasteiger partial charge is 0.362 e. The van der Waals surface area contributed by atoms with E-state index in [4.69, 9.17) is 16.3 Å². The van der Waals surface area contributed by atoms with Gasteiger partial charge in [-0.25, -0.2) is 4.39 Å². The highest BCUT2D eigenvalue weighted by Gasteiger charge is 2.20. The lowest BCUT2D eigenvalue weighted by Gasteiger charge is -2.23. The Morgan fingerprint density at radius 2 is 2.33 bits per heavy atom. The molecule has 0 unspecified atom stereocenters. The molecule has 0 bridgehead atoms. The van der Waals surface area contributed by atoms with Gasteiger partial charge in [0.25, 0.3) is 0 Å². The molecule has 0 spiro atoms. The average molecular weight is 230 g/mol. The molecular weight excluding hydrogens is 221 g/mol. The summed E-state index contributed by atoms with van der Waals surface area (Å²) in [5.74, 6) is -0.629. The molecule has 15 heavy (non-hydrogen) atoms. The molecule has 80 valence electrons. The Bertz CT molecular complexity index is 387. The van der Waals surface area contributed by atoms with E-state index in [1.54, 1.807) is 6.07 Å². The molecule has 0 saturated carbocycles. The highest BCUT2D eigenvalue weighted by molar-refractivity contribution is 6.30. The van der Waals surface area contributed by atoms with Crippen molar-refractivity contribution in [1.29, 1.82) is 0 Å². The second-order valence-corrected chi connectivity index (χ2v) is 3.68. The molecule has 1 aromatic carbocycles. The summed E-state index contributed by atoms with van der Waals surface area (Å²) in [6.07, 6.45) is -0.297. The molecule has 0 aliphatic carbocycles. The van der Waals surface area contributed by atoms with Gasteiger partial charge in [-0.3, -0.25) is 4.79 Å². The first kappa shape index (κ1) is 10.4. The number of hydrogen-bond donors (Lipinski definition) is 1. The minimum Gasteiger partial charge on any atom is -0.362 e. The van der Waals surface area contributed by atoms with E-state index >= 15 is 0 Å². The maximum absolute atomic E-state index is 13.1. The Balaban J connectivity index is 2.16. The normalized spacial score (nSPS) is 21.2. The molecule has 1 fully saturated rings. The topological polar surface area (TPSA) is 38.3 Å². The van der Waals surface area contributed by atoms with Crippen molar-refractivity contribution in [3.05, 3.63) is 34.6 Å². The Morgan fingerprint density at radius 3 is 2.93 bits per heavy atom. The van der Waals surface area contributed by atoms with Gasteiger partial charge in [0.05, 0.1) is 5.02 Å². The fourth-order valence-electron chi connectivity index (χ4n) is 1.42. The van der Waals surface area contributed by atoms with Gasteiger partial charge in [0, 0.05) is 6.54 Å². The third kappa shape index (κ3) is 2.27. The van der Waals surface area contributed by atoms with E-state index in [1.807, 2.05) is 0 Å². The molecule has 0 radical (unpaired) electrons. The lowest BCUT2D eigenvalue weighted by atomic mass is 10.1. The number of carbonyl (C=O) groups excluding carboxylic acids is 1. The Kier molecular flexibility index (Phi) is 2.88. The number of morpholine rings is 1. The summed E-state index contributed by atoms with van der Waals surface area (Å²) in [6, 6.07) is 4.49. The third-order valence-electron chi connectivity index (χ3n) is 2.22. The van der Waals surface area contributed by atoms with Crippen LogP contribution in [0.15, 0.2) is 18.2 Å². The van der Waals surface area contributed by atoms with Crippen LogP contribution in [0.3, 0.4) is 0 Å². The van der Waals surface area contributed by atoms with E-state index in [2.05, 4.69) is 5.32 Å². The average Bonchev–Trinajstić information content (AvgIpc) is 2.23. The molecule has 1 aliphatic heterocycles. The van der Waals surface area contributed by atoms with Gasteiger partial charge in [-0.2, -0.15) is 0 Å². The molecule has 3 nitrogen and oxygen atoms in total. The molecule has 1 heterocycles. The molecule has 5 heteroatoms. The number of halogens is 2. The second-order valence-electron chi connectivity index (χ2n) is 3.28. The van der Waals surface area contributed by atoms with E-state index in [9.17, 15) is 9.18 Å². The van der Waals surface area contributed by atoms with Gasteiger partial charge < -0.3 is 10.1 Å². The zero-order chi connectivity index (χ0) is 10.8. The van der Waals surface area contributed by atoms with Crippen molar-refractivity contribution in [2.24, 2.45) is 0 Å². The van der Waals surface area contributed by atoms with E-state index in [1.165, 1.54) is 12.1 Å². The summed E-state index contributed by atoms with van der Waals surface area (Å²) in [6.45, 7) is 0.370. The van der Waals surface area contributed by atoms with Crippen LogP contribution in [0.5, 0.6) is 0 Å². The minimum absolute atomic E-state index is 0.00884. The Hall–Kier alpha value is -1.13. The first-order chi connectivity index (χ1) is 7.16. The smallest absolute Gasteiger partial charge is 0.246 e. The van der Waals surface area contributed by atoms with Crippen LogP contribution in [-0.4, -0.2) is 19.1 Å². The van der Waals surface area contributed by atoms with Crippen LogP contribution >= 0.6 is 11.6 Å². The van der Waals surface area contributed by atoms with Crippen LogP contribution in [-0.2, 0) is 9.53 Å². The first-order valence-corrected chi connectivity index (χ1v) is 4.88. The van der Waals surface area contributed by atoms with Crippen LogP contribution in [0.4, 0.5) is 4.39 Å². The summed E-state index contributed by atoms with van der Waals surface area (Å²) >= 11 is 5.56. The number of amides is 1. The van der Waals surface area contributed by atoms with Gasteiger partial charge in [0.2, 0.25) is 5.91 Å². The standard InChI is InChI=1S/C10H9ClFNO2/c11-7-2-1-6(3-8(7)12)9-4-13-10(14)5-15-9/h1-3,9H,4-5H2,(H,13,14)/t9-/m1/s1. The molecule has 1 atom stereocenters. The quantitative estimate of drug-likeness (QED) is 0.796. The molecular formula is C10H9ClFNO2. The summed E-state index contributed by atoms with van der Waals surface area (Å²) < 4.78 is 18.4. The number of carbonyl (C=O) groups is 1. The Morgan fingerprint density at radius 1 is 1.53 bits per heavy atom. The molecule has 1 saturated heterocycles. The molecule has 2 rings (SSSR count). The van der Waals surface area contributed by atoms with Crippen molar-refractivity contribution in [2.75, 3.05) is 13.2 Å². The summed E-state index contributed by atoms with van der Waals surface area (Å²) in [5, 5.41) is 2.73. The van der Waals surface area contributed by atoms with Crippen molar-refractivity contribution < 1.29 is 13.9 Å². The van der Waals surface area contributed by atoms with Crippen molar-refractivity contribution in [3.63, 3.8) is 0 Å². The molecule has 1 aliphatic rings. The SMILES string of the molecule is O=C1CO[C@@H](c2ccc(Cl)c(F)c2)CN1. The van der Waals surface area contributed by atoms with E-state index < -0.39 is 5.82 Å². The van der Waals surface area contributed by atoms with Crippen LogP contribution < -0.4 is 5.32 Å². The Labute approximate surface area is 91.2 Å². The number of hydrogen-bond acceptors (Lipinski definition) is 2. The number of nitrogens with one attached hydrogen (secondary N) is 1. The van der Waals surface area contributed by atoms with Gasteiger partial charge in [0.15, 0.2) is 0 Å². The molecule has 1 amide bonds. The highest BCUT2D eigenvalue weighted by atomic mass is 35.5. The van der Waals surface area contributed by atoms with Crippen LogP contribution in [0.25, 0.3) is 0 Å². The zero-order valence-electron chi connectivity index (χ0n) is 7.80. The maximum atomic E-state index is 13.1. The van der Waals surface area contributed by atoms with Crippen LogP contribution in [0, 0.1) is 5.82 Å². The van der Waals surface area contributed by atoms with E-state index in [0.29, 0.717) is 12.1 Å². The van der Waals surface area contributed by atoms with Gasteiger partial charge in [-0.1, -0.05) is 17.7 Å². The minimum atomic E-state index is -0.477. The second kappa shape index (κ2) is 4.16. The molecule has 1 N–H and O–H groups in total. The van der Waals surface area contributed by atoms with E-state index in [-0.39, 0.29) is 23.6 Å². The summed E-state index contributed by atoms with van der Waals surface area (Å²) in [4.78, 5) is 10.8. The highest BCUT2D eigenvalue weighted by Crippen LogP contribution is 2.23. The summed E-state index contributed by atoms with van der Waals surface area (Å²) in [5.41, 5.74) is 0.678. The van der Waals surface area contributed by atoms with Gasteiger partial charge >= 0.3 is 0 Å². The zero-order valence-corrected chi connectivity index (χ0v) is 8.55. The third-order valence-corrected chi connectivity index (χ3v) is 2.52. The van der Waals surface area contributed by atoms with Crippen molar-refractivity contribution in [1.82, 2.24) is 5.32 Å². The lowest BCUT2D eigenvalue weighted by Crippen LogP contribution is -2.38. The van der Waals surface area contributed by atoms with Crippen molar-refractivity contribution in [2.45, 2.75) is 6.10 Å². The van der Waals surface area contributed by atoms with Gasteiger partial charge in [-0.15, -0.1) is 0 Å².